The van der Waals surface area contributed by atoms with Crippen molar-refractivity contribution in [2.24, 2.45) is 0 Å². The average Bonchev–Trinajstić information content (AvgIpc) is 2.59. The Bertz CT molecular complexity index is 462. The Morgan fingerprint density at radius 3 is 2.87 bits per heavy atom. The molecule has 78 valence electrons. The van der Waals surface area contributed by atoms with E-state index in [1.54, 1.807) is 17.5 Å². The zero-order valence-electron chi connectivity index (χ0n) is 8.41. The van der Waals surface area contributed by atoms with Crippen LogP contribution in [-0.2, 0) is 0 Å². The van der Waals surface area contributed by atoms with E-state index < -0.39 is 0 Å². The fourth-order valence-electron chi connectivity index (χ4n) is 1.19. The van der Waals surface area contributed by atoms with Gasteiger partial charge in [0.1, 0.15) is 5.82 Å². The number of nitrogens with zero attached hydrogens (tertiary/aromatic N) is 2. The number of thiophene rings is 1. The van der Waals surface area contributed by atoms with Gasteiger partial charge in [-0.15, -0.1) is 11.3 Å². The predicted molar refractivity (Wildman–Crippen MR) is 67.3 cm³/mol. The number of hydrogen-bond donors (Lipinski definition) is 1. The second-order valence-electron chi connectivity index (χ2n) is 3.03. The van der Waals surface area contributed by atoms with Gasteiger partial charge in [-0.25, -0.2) is 9.97 Å². The monoisotopic (exact) mass is 283 g/mol. The number of anilines is 1. The summed E-state index contributed by atoms with van der Waals surface area (Å²) in [5.74, 6) is 1.60. The van der Waals surface area contributed by atoms with Crippen LogP contribution in [0.5, 0.6) is 0 Å². The van der Waals surface area contributed by atoms with Crippen LogP contribution in [0.25, 0.3) is 10.7 Å². The number of aryl methyl sites for hydroxylation is 1. The number of nitrogens with one attached hydrogen (secondary N) is 1. The van der Waals surface area contributed by atoms with E-state index in [4.69, 9.17) is 0 Å². The van der Waals surface area contributed by atoms with E-state index in [0.717, 1.165) is 21.0 Å². The van der Waals surface area contributed by atoms with E-state index in [2.05, 4.69) is 44.2 Å². The van der Waals surface area contributed by atoms with E-state index in [9.17, 15) is 0 Å². The SMILES string of the molecule is CNc1ccnc(-c2cc(Br)c(C)s2)n1. The maximum atomic E-state index is 4.38. The quantitative estimate of drug-likeness (QED) is 0.919. The summed E-state index contributed by atoms with van der Waals surface area (Å²) in [5.41, 5.74) is 0. The zero-order chi connectivity index (χ0) is 10.8. The van der Waals surface area contributed by atoms with Gasteiger partial charge in [0.15, 0.2) is 5.82 Å². The van der Waals surface area contributed by atoms with Crippen molar-refractivity contribution < 1.29 is 0 Å². The minimum atomic E-state index is 0.764. The normalized spacial score (nSPS) is 10.3. The predicted octanol–water partition coefficient (Wildman–Crippen LogP) is 3.32. The Morgan fingerprint density at radius 2 is 2.27 bits per heavy atom. The molecule has 15 heavy (non-hydrogen) atoms. The molecule has 0 atom stereocenters. The molecule has 0 amide bonds. The van der Waals surface area contributed by atoms with Crippen molar-refractivity contribution in [2.45, 2.75) is 6.92 Å². The maximum absolute atomic E-state index is 4.38. The molecule has 1 N–H and O–H groups in total. The summed E-state index contributed by atoms with van der Waals surface area (Å²) in [6.45, 7) is 2.07. The summed E-state index contributed by atoms with van der Waals surface area (Å²) in [6, 6.07) is 3.90. The molecule has 3 nitrogen and oxygen atoms in total. The summed E-state index contributed by atoms with van der Waals surface area (Å²) in [5, 5.41) is 3.00. The summed E-state index contributed by atoms with van der Waals surface area (Å²) in [4.78, 5) is 11.0. The molecule has 0 unspecified atom stereocenters. The molecule has 0 aliphatic heterocycles. The smallest absolute Gasteiger partial charge is 0.171 e. The molecule has 0 saturated carbocycles. The van der Waals surface area contributed by atoms with Gasteiger partial charge >= 0.3 is 0 Å². The third kappa shape index (κ3) is 2.18. The molecule has 5 heteroatoms. The fraction of sp³-hybridized carbons (Fsp3) is 0.200. The topological polar surface area (TPSA) is 37.8 Å². The number of hydrogen-bond acceptors (Lipinski definition) is 4. The van der Waals surface area contributed by atoms with E-state index in [-0.39, 0.29) is 0 Å². The van der Waals surface area contributed by atoms with Crippen LogP contribution in [0, 0.1) is 6.92 Å². The van der Waals surface area contributed by atoms with Gasteiger partial charge in [-0.3, -0.25) is 0 Å². The van der Waals surface area contributed by atoms with Crippen LogP contribution in [-0.4, -0.2) is 17.0 Å². The standard InChI is InChI=1S/C10H10BrN3S/c1-6-7(11)5-8(15-6)10-13-4-3-9(12-2)14-10/h3-5H,1-2H3,(H,12,13,14). The first kappa shape index (κ1) is 10.6. The highest BCUT2D eigenvalue weighted by molar-refractivity contribution is 9.10. The van der Waals surface area contributed by atoms with Gasteiger partial charge in [0, 0.05) is 22.6 Å². The highest BCUT2D eigenvalue weighted by Crippen LogP contribution is 2.32. The minimum absolute atomic E-state index is 0.764. The van der Waals surface area contributed by atoms with Crippen molar-refractivity contribution in [3.63, 3.8) is 0 Å². The van der Waals surface area contributed by atoms with Crippen LogP contribution in [0.2, 0.25) is 0 Å². The Balaban J connectivity index is 2.44. The van der Waals surface area contributed by atoms with Gasteiger partial charge < -0.3 is 5.32 Å². The molecule has 2 aromatic rings. The number of aromatic nitrogens is 2. The Kier molecular flexibility index (Phi) is 3.02. The highest BCUT2D eigenvalue weighted by atomic mass is 79.9. The first-order valence-corrected chi connectivity index (χ1v) is 6.09. The molecular formula is C10H10BrN3S. The summed E-state index contributed by atoms with van der Waals surface area (Å²) >= 11 is 5.18. The molecule has 2 heterocycles. The molecule has 2 aromatic heterocycles. The molecule has 0 spiro atoms. The maximum Gasteiger partial charge on any atom is 0.171 e. The van der Waals surface area contributed by atoms with Gasteiger partial charge in [0.25, 0.3) is 0 Å². The van der Waals surface area contributed by atoms with Crippen LogP contribution in [0.4, 0.5) is 5.82 Å². The van der Waals surface area contributed by atoms with Crippen LogP contribution >= 0.6 is 27.3 Å². The van der Waals surface area contributed by atoms with Crippen LogP contribution in [0.15, 0.2) is 22.8 Å². The molecule has 0 bridgehead atoms. The molecule has 2 rings (SSSR count). The van der Waals surface area contributed by atoms with Crippen LogP contribution < -0.4 is 5.32 Å². The van der Waals surface area contributed by atoms with Crippen molar-refractivity contribution >= 4 is 33.1 Å². The number of rotatable bonds is 2. The Hall–Kier alpha value is -0.940. The largest absolute Gasteiger partial charge is 0.373 e. The van der Waals surface area contributed by atoms with Gasteiger partial charge in [0.2, 0.25) is 0 Å². The van der Waals surface area contributed by atoms with Crippen LogP contribution in [0.3, 0.4) is 0 Å². The molecule has 0 radical (unpaired) electrons. The average molecular weight is 284 g/mol. The van der Waals surface area contributed by atoms with Crippen molar-refractivity contribution in [1.82, 2.24) is 9.97 Å². The summed E-state index contributed by atoms with van der Waals surface area (Å²) < 4.78 is 1.11. The van der Waals surface area contributed by atoms with Crippen molar-refractivity contribution in [3.8, 4) is 10.7 Å². The van der Waals surface area contributed by atoms with Crippen molar-refractivity contribution in [1.29, 1.82) is 0 Å². The molecule has 0 fully saturated rings. The van der Waals surface area contributed by atoms with Crippen molar-refractivity contribution in [3.05, 3.63) is 27.7 Å². The highest BCUT2D eigenvalue weighted by Gasteiger charge is 2.07. The third-order valence-electron chi connectivity index (χ3n) is 1.99. The van der Waals surface area contributed by atoms with Gasteiger partial charge in [-0.05, 0) is 35.0 Å². The summed E-state index contributed by atoms with van der Waals surface area (Å²) in [6.07, 6.45) is 1.76. The Morgan fingerprint density at radius 1 is 1.47 bits per heavy atom. The third-order valence-corrected chi connectivity index (χ3v) is 4.12. The minimum Gasteiger partial charge on any atom is -0.373 e. The lowest BCUT2D eigenvalue weighted by Gasteiger charge is -1.99. The lowest BCUT2D eigenvalue weighted by molar-refractivity contribution is 1.18. The first-order chi connectivity index (χ1) is 7.20. The van der Waals surface area contributed by atoms with E-state index >= 15 is 0 Å². The molecular weight excluding hydrogens is 274 g/mol. The summed E-state index contributed by atoms with van der Waals surface area (Å²) in [7, 11) is 1.85. The number of halogens is 1. The second-order valence-corrected chi connectivity index (χ2v) is 5.14. The first-order valence-electron chi connectivity index (χ1n) is 4.48. The van der Waals surface area contributed by atoms with E-state index in [0.29, 0.717) is 0 Å². The zero-order valence-corrected chi connectivity index (χ0v) is 10.8. The lowest BCUT2D eigenvalue weighted by atomic mass is 10.4. The van der Waals surface area contributed by atoms with Crippen LogP contribution in [0.1, 0.15) is 4.88 Å². The molecule has 0 aliphatic carbocycles. The molecule has 0 aromatic carbocycles. The molecule has 0 aliphatic rings. The van der Waals surface area contributed by atoms with Crippen molar-refractivity contribution in [2.75, 3.05) is 12.4 Å². The lowest BCUT2D eigenvalue weighted by Crippen LogP contribution is -1.94. The van der Waals surface area contributed by atoms with Gasteiger partial charge in [0.05, 0.1) is 4.88 Å². The second kappa shape index (κ2) is 4.28. The fourth-order valence-corrected chi connectivity index (χ4v) is 2.66. The van der Waals surface area contributed by atoms with E-state index in [1.807, 2.05) is 13.1 Å². The molecule has 0 saturated heterocycles. The Labute approximate surface area is 101 Å². The van der Waals surface area contributed by atoms with Gasteiger partial charge in [-0.2, -0.15) is 0 Å². The van der Waals surface area contributed by atoms with E-state index in [1.165, 1.54) is 4.88 Å². The van der Waals surface area contributed by atoms with Gasteiger partial charge in [-0.1, -0.05) is 0 Å².